The summed E-state index contributed by atoms with van der Waals surface area (Å²) in [6, 6.07) is 7.72. The molecule has 3 rings (SSSR count). The summed E-state index contributed by atoms with van der Waals surface area (Å²) in [7, 11) is 0. The van der Waals surface area contributed by atoms with Gasteiger partial charge in [0, 0.05) is 18.3 Å². The second-order valence-electron chi connectivity index (χ2n) is 6.36. The van der Waals surface area contributed by atoms with Crippen LogP contribution in [0.5, 0.6) is 0 Å². The second-order valence-corrected chi connectivity index (χ2v) is 6.36. The normalized spacial score (nSPS) is 17.5. The van der Waals surface area contributed by atoms with Crippen molar-refractivity contribution in [1.82, 2.24) is 14.9 Å². The number of benzene rings is 1. The molecule has 1 amide bonds. The number of amides is 1. The number of nitrogens with zero attached hydrogens (tertiary/aromatic N) is 2. The van der Waals surface area contributed by atoms with Gasteiger partial charge in [-0.2, -0.15) is 0 Å². The highest BCUT2D eigenvalue weighted by atomic mass is 16.5. The van der Waals surface area contributed by atoms with Gasteiger partial charge in [-0.3, -0.25) is 9.59 Å². The van der Waals surface area contributed by atoms with Crippen molar-refractivity contribution in [3.05, 3.63) is 51.9 Å². The highest BCUT2D eigenvalue weighted by molar-refractivity contribution is 5.94. The predicted molar refractivity (Wildman–Crippen MR) is 95.6 cm³/mol. The smallest absolute Gasteiger partial charge is 0.264 e. The van der Waals surface area contributed by atoms with E-state index in [1.54, 1.807) is 4.90 Å². The van der Waals surface area contributed by atoms with E-state index in [9.17, 15) is 9.59 Å². The molecular weight excluding hydrogens is 318 g/mol. The first kappa shape index (κ1) is 17.4. The zero-order chi connectivity index (χ0) is 17.8. The summed E-state index contributed by atoms with van der Waals surface area (Å²) in [5, 5.41) is 0. The van der Waals surface area contributed by atoms with Gasteiger partial charge in [0.25, 0.3) is 11.5 Å². The zero-order valence-electron chi connectivity index (χ0n) is 14.6. The number of aryl methyl sites for hydroxylation is 1. The van der Waals surface area contributed by atoms with E-state index in [0.717, 1.165) is 24.0 Å². The van der Waals surface area contributed by atoms with Gasteiger partial charge in [-0.25, -0.2) is 4.98 Å². The summed E-state index contributed by atoms with van der Waals surface area (Å²) in [4.78, 5) is 34.0. The van der Waals surface area contributed by atoms with E-state index in [-0.39, 0.29) is 17.5 Å². The minimum Gasteiger partial charge on any atom is -0.377 e. The number of aromatic amines is 1. The zero-order valence-corrected chi connectivity index (χ0v) is 14.6. The molecule has 1 atom stereocenters. The minimum absolute atomic E-state index is 0.0161. The maximum Gasteiger partial charge on any atom is 0.264 e. The minimum atomic E-state index is -0.405. The molecule has 1 aromatic heterocycles. The number of nitrogens with one attached hydrogen (secondary N) is 1. The summed E-state index contributed by atoms with van der Waals surface area (Å²) in [5.74, 6) is 0.194. The molecule has 1 aliphatic rings. The van der Waals surface area contributed by atoms with Crippen molar-refractivity contribution in [3.8, 4) is 11.4 Å². The highest BCUT2D eigenvalue weighted by Crippen LogP contribution is 2.17. The molecule has 0 spiro atoms. The third kappa shape index (κ3) is 3.79. The fourth-order valence-electron chi connectivity index (χ4n) is 3.05. The van der Waals surface area contributed by atoms with Crippen molar-refractivity contribution in [1.29, 1.82) is 0 Å². The Morgan fingerprint density at radius 1 is 1.36 bits per heavy atom. The predicted octanol–water partition coefficient (Wildman–Crippen LogP) is 2.39. The average Bonchev–Trinajstić information content (AvgIpc) is 2.62. The van der Waals surface area contributed by atoms with E-state index in [2.05, 4.69) is 16.9 Å². The molecule has 2 heterocycles. The molecule has 0 saturated carbocycles. The number of hydrogen-bond acceptors (Lipinski definition) is 4. The maximum absolute atomic E-state index is 12.8. The van der Waals surface area contributed by atoms with Crippen molar-refractivity contribution in [2.24, 2.45) is 0 Å². The van der Waals surface area contributed by atoms with E-state index < -0.39 is 5.56 Å². The fraction of sp³-hybridized carbons (Fsp3) is 0.421. The molecule has 1 N–H and O–H groups in total. The molecule has 0 radical (unpaired) electrons. The highest BCUT2D eigenvalue weighted by Gasteiger charge is 2.29. The van der Waals surface area contributed by atoms with Crippen molar-refractivity contribution in [2.75, 3.05) is 19.8 Å². The Bertz CT molecular complexity index is 796. The Morgan fingerprint density at radius 3 is 2.80 bits per heavy atom. The summed E-state index contributed by atoms with van der Waals surface area (Å²) < 4.78 is 5.47. The lowest BCUT2D eigenvalue weighted by atomic mass is 10.1. The van der Waals surface area contributed by atoms with Gasteiger partial charge in [-0.15, -0.1) is 0 Å². The van der Waals surface area contributed by atoms with Gasteiger partial charge < -0.3 is 14.6 Å². The Hall–Kier alpha value is -2.47. The van der Waals surface area contributed by atoms with Crippen LogP contribution in [0.25, 0.3) is 11.4 Å². The van der Waals surface area contributed by atoms with Crippen LogP contribution in [0.15, 0.2) is 35.3 Å². The third-order valence-corrected chi connectivity index (χ3v) is 4.47. The molecule has 6 nitrogen and oxygen atoms in total. The SMILES string of the molecule is CCC[C@H]1COCCN1C(=O)c1cnc(-c2ccc(C)cc2)[nH]c1=O. The molecule has 2 aromatic rings. The standard InChI is InChI=1S/C19H23N3O3/c1-3-4-15-12-25-10-9-22(15)19(24)16-11-20-17(21-18(16)23)14-7-5-13(2)6-8-14/h5-8,11,15H,3-4,9-10,12H2,1-2H3,(H,20,21,23)/t15-/m0/s1. The van der Waals surface area contributed by atoms with Gasteiger partial charge in [0.15, 0.2) is 0 Å². The monoisotopic (exact) mass is 341 g/mol. The van der Waals surface area contributed by atoms with Gasteiger partial charge in [0.1, 0.15) is 11.4 Å². The quantitative estimate of drug-likeness (QED) is 0.926. The van der Waals surface area contributed by atoms with Gasteiger partial charge >= 0.3 is 0 Å². The van der Waals surface area contributed by atoms with E-state index >= 15 is 0 Å². The number of carbonyl (C=O) groups excluding carboxylic acids is 1. The molecular formula is C19H23N3O3. The van der Waals surface area contributed by atoms with Crippen LogP contribution < -0.4 is 5.56 Å². The summed E-state index contributed by atoms with van der Waals surface area (Å²) >= 11 is 0. The lowest BCUT2D eigenvalue weighted by molar-refractivity contribution is -0.00445. The molecule has 0 aliphatic carbocycles. The van der Waals surface area contributed by atoms with Gasteiger partial charge in [-0.1, -0.05) is 43.2 Å². The van der Waals surface area contributed by atoms with Crippen LogP contribution in [0.3, 0.4) is 0 Å². The Kier molecular flexibility index (Phi) is 5.28. The number of carbonyl (C=O) groups is 1. The van der Waals surface area contributed by atoms with Crippen molar-refractivity contribution in [2.45, 2.75) is 32.7 Å². The van der Waals surface area contributed by atoms with Crippen LogP contribution in [-0.2, 0) is 4.74 Å². The lowest BCUT2D eigenvalue weighted by Gasteiger charge is -2.35. The van der Waals surface area contributed by atoms with Crippen LogP contribution in [0, 0.1) is 6.92 Å². The Labute approximate surface area is 146 Å². The van der Waals surface area contributed by atoms with E-state index in [1.807, 2.05) is 31.2 Å². The van der Waals surface area contributed by atoms with E-state index in [4.69, 9.17) is 4.74 Å². The average molecular weight is 341 g/mol. The Balaban J connectivity index is 1.86. The summed E-state index contributed by atoms with van der Waals surface area (Å²) in [6.07, 6.45) is 3.20. The molecule has 0 unspecified atom stereocenters. The van der Waals surface area contributed by atoms with Crippen LogP contribution in [0.4, 0.5) is 0 Å². The van der Waals surface area contributed by atoms with Gasteiger partial charge in [-0.05, 0) is 13.3 Å². The molecule has 1 saturated heterocycles. The number of hydrogen-bond donors (Lipinski definition) is 1. The molecule has 25 heavy (non-hydrogen) atoms. The summed E-state index contributed by atoms with van der Waals surface area (Å²) in [5.41, 5.74) is 1.63. The van der Waals surface area contributed by atoms with Gasteiger partial charge in [0.05, 0.1) is 19.3 Å². The number of H-pyrrole nitrogens is 1. The van der Waals surface area contributed by atoms with E-state index in [1.165, 1.54) is 6.20 Å². The third-order valence-electron chi connectivity index (χ3n) is 4.47. The van der Waals surface area contributed by atoms with Crippen LogP contribution >= 0.6 is 0 Å². The Morgan fingerprint density at radius 2 is 2.12 bits per heavy atom. The van der Waals surface area contributed by atoms with Crippen molar-refractivity contribution < 1.29 is 9.53 Å². The molecule has 1 aromatic carbocycles. The first-order valence-corrected chi connectivity index (χ1v) is 8.65. The lowest BCUT2D eigenvalue weighted by Crippen LogP contribution is -2.49. The van der Waals surface area contributed by atoms with Crippen molar-refractivity contribution in [3.63, 3.8) is 0 Å². The number of ether oxygens (including phenoxy) is 1. The second kappa shape index (κ2) is 7.61. The van der Waals surface area contributed by atoms with Crippen LogP contribution in [-0.4, -0.2) is 46.6 Å². The van der Waals surface area contributed by atoms with Crippen LogP contribution in [0.1, 0.15) is 35.7 Å². The fourth-order valence-corrected chi connectivity index (χ4v) is 3.05. The number of rotatable bonds is 4. The molecule has 6 heteroatoms. The largest absolute Gasteiger partial charge is 0.377 e. The van der Waals surface area contributed by atoms with E-state index in [0.29, 0.717) is 25.6 Å². The molecule has 1 fully saturated rings. The first-order valence-electron chi connectivity index (χ1n) is 8.65. The van der Waals surface area contributed by atoms with Gasteiger partial charge in [0.2, 0.25) is 0 Å². The molecule has 132 valence electrons. The maximum atomic E-state index is 12.8. The molecule has 0 bridgehead atoms. The topological polar surface area (TPSA) is 75.3 Å². The number of aromatic nitrogens is 2. The number of morpholine rings is 1. The first-order chi connectivity index (χ1) is 12.1. The molecule has 1 aliphatic heterocycles. The summed E-state index contributed by atoms with van der Waals surface area (Å²) in [6.45, 7) is 5.59. The van der Waals surface area contributed by atoms with Crippen LogP contribution in [0.2, 0.25) is 0 Å². The van der Waals surface area contributed by atoms with Crippen molar-refractivity contribution >= 4 is 5.91 Å².